The number of anilines is 2. The first kappa shape index (κ1) is 25.0. The smallest absolute Gasteiger partial charge is 0.356 e. The lowest BCUT2D eigenvalue weighted by Crippen LogP contribution is -2.14. The van der Waals surface area contributed by atoms with Crippen molar-refractivity contribution in [2.45, 2.75) is 46.4 Å². The van der Waals surface area contributed by atoms with Gasteiger partial charge in [-0.25, -0.2) is 13.8 Å². The fraction of sp³-hybridized carbons (Fsp3) is 0.450. The van der Waals surface area contributed by atoms with Crippen LogP contribution in [0.15, 0.2) is 18.2 Å². The summed E-state index contributed by atoms with van der Waals surface area (Å²) < 4.78 is 58.9. The Morgan fingerprint density at radius 2 is 1.73 bits per heavy atom. The van der Waals surface area contributed by atoms with Crippen LogP contribution in [0.5, 0.6) is 0 Å². The molecule has 0 saturated carbocycles. The zero-order chi connectivity index (χ0) is 24.3. The summed E-state index contributed by atoms with van der Waals surface area (Å²) in [6.07, 6.45) is -0.937. The maximum atomic E-state index is 14.5. The topological polar surface area (TPSA) is 140 Å². The molecular weight excluding hydrogens is 457 g/mol. The molecular formula is C20H27F2N6O4P. The van der Waals surface area contributed by atoms with Crippen LogP contribution in [-0.4, -0.2) is 44.7 Å². The number of nitrogen functional groups attached to an aromatic ring is 2. The third kappa shape index (κ3) is 6.02. The van der Waals surface area contributed by atoms with Crippen LogP contribution in [-0.2, 0) is 24.9 Å². The van der Waals surface area contributed by atoms with Gasteiger partial charge in [0.15, 0.2) is 17.0 Å². The molecule has 0 unspecified atom stereocenters. The number of hydrogen-bond acceptors (Lipinski definition) is 9. The van der Waals surface area contributed by atoms with E-state index in [-0.39, 0.29) is 66.0 Å². The monoisotopic (exact) mass is 484 g/mol. The Morgan fingerprint density at radius 3 is 2.33 bits per heavy atom. The average Bonchev–Trinajstić information content (AvgIpc) is 3.02. The van der Waals surface area contributed by atoms with E-state index in [1.54, 1.807) is 27.7 Å². The number of rotatable bonds is 10. The maximum Gasteiger partial charge on any atom is 0.356 e. The molecule has 0 saturated heterocycles. The number of imidazole rings is 1. The van der Waals surface area contributed by atoms with Gasteiger partial charge in [-0.15, -0.1) is 0 Å². The molecule has 1 aromatic carbocycles. The van der Waals surface area contributed by atoms with Gasteiger partial charge in [-0.1, -0.05) is 0 Å². The van der Waals surface area contributed by atoms with Gasteiger partial charge >= 0.3 is 7.60 Å². The molecule has 0 aliphatic heterocycles. The van der Waals surface area contributed by atoms with E-state index in [4.69, 9.17) is 25.3 Å². The van der Waals surface area contributed by atoms with Gasteiger partial charge < -0.3 is 29.8 Å². The molecule has 0 spiro atoms. The molecule has 3 aromatic rings. The van der Waals surface area contributed by atoms with E-state index in [1.165, 1.54) is 10.6 Å². The van der Waals surface area contributed by atoms with E-state index < -0.39 is 19.2 Å². The summed E-state index contributed by atoms with van der Waals surface area (Å²) in [5.41, 5.74) is 12.1. The number of benzene rings is 1. The average molecular weight is 484 g/mol. The second kappa shape index (κ2) is 10.1. The largest absolute Gasteiger partial charge is 0.382 e. The Bertz CT molecular complexity index is 1170. The minimum atomic E-state index is -3.50. The van der Waals surface area contributed by atoms with Gasteiger partial charge in [0.2, 0.25) is 5.95 Å². The van der Waals surface area contributed by atoms with Crippen molar-refractivity contribution in [3.05, 3.63) is 29.8 Å². The van der Waals surface area contributed by atoms with Crippen molar-refractivity contribution in [2.24, 2.45) is 0 Å². The lowest BCUT2D eigenvalue weighted by Gasteiger charge is -2.22. The summed E-state index contributed by atoms with van der Waals surface area (Å²) in [5, 5.41) is 0. The van der Waals surface area contributed by atoms with Gasteiger partial charge in [0.25, 0.3) is 0 Å². The van der Waals surface area contributed by atoms with E-state index in [0.717, 1.165) is 12.1 Å². The molecule has 180 valence electrons. The van der Waals surface area contributed by atoms with Crippen molar-refractivity contribution in [1.82, 2.24) is 19.5 Å². The Balaban J connectivity index is 1.89. The summed E-state index contributed by atoms with van der Waals surface area (Å²) >= 11 is 0. The van der Waals surface area contributed by atoms with E-state index in [2.05, 4.69) is 15.0 Å². The number of aromatic nitrogens is 4. The standard InChI is InChI=1S/C20H27F2N6O4P/c1-11(2)31-33(29,32-12(3)4)10-30-8-7-28-18(14-6-5-13(21)9-15(14)22)25-16-17(23)26-20(24)27-19(16)28/h5-6,9,11-12H,7-8,10H2,1-4H3,(H4,23,24,26,27). The summed E-state index contributed by atoms with van der Waals surface area (Å²) in [4.78, 5) is 12.4. The molecule has 10 nitrogen and oxygen atoms in total. The first-order valence-electron chi connectivity index (χ1n) is 10.3. The van der Waals surface area contributed by atoms with Crippen molar-refractivity contribution in [3.8, 4) is 11.4 Å². The van der Waals surface area contributed by atoms with Gasteiger partial charge in [-0.05, 0) is 39.8 Å². The van der Waals surface area contributed by atoms with Crippen molar-refractivity contribution in [2.75, 3.05) is 24.4 Å². The molecule has 3 rings (SSSR count). The SMILES string of the molecule is CC(C)OP(=O)(COCCn1c(-c2ccc(F)cc2F)nc2c(N)nc(N)nc21)OC(C)C. The molecule has 0 atom stereocenters. The molecule has 33 heavy (non-hydrogen) atoms. The minimum Gasteiger partial charge on any atom is -0.382 e. The van der Waals surface area contributed by atoms with Crippen LogP contribution in [0, 0.1) is 11.6 Å². The Kier molecular flexibility index (Phi) is 7.63. The van der Waals surface area contributed by atoms with Gasteiger partial charge in [-0.3, -0.25) is 4.57 Å². The van der Waals surface area contributed by atoms with Crippen molar-refractivity contribution in [1.29, 1.82) is 0 Å². The number of nitrogens with zero attached hydrogens (tertiary/aromatic N) is 4. The normalized spacial score (nSPS) is 12.4. The third-order valence-corrected chi connectivity index (χ3v) is 6.25. The van der Waals surface area contributed by atoms with Crippen molar-refractivity contribution >= 4 is 30.5 Å². The second-order valence-corrected chi connectivity index (χ2v) is 9.71. The van der Waals surface area contributed by atoms with Gasteiger partial charge in [0.1, 0.15) is 23.8 Å². The van der Waals surface area contributed by atoms with E-state index in [1.807, 2.05) is 0 Å². The highest BCUT2D eigenvalue weighted by molar-refractivity contribution is 7.53. The minimum absolute atomic E-state index is 0.0149. The highest BCUT2D eigenvalue weighted by Gasteiger charge is 2.28. The van der Waals surface area contributed by atoms with Gasteiger partial charge in [0, 0.05) is 12.6 Å². The molecule has 0 bridgehead atoms. The Morgan fingerprint density at radius 1 is 1.06 bits per heavy atom. The summed E-state index contributed by atoms with van der Waals surface area (Å²) in [6, 6.07) is 3.13. The molecule has 0 aliphatic rings. The fourth-order valence-electron chi connectivity index (χ4n) is 3.19. The first-order valence-corrected chi connectivity index (χ1v) is 12.0. The van der Waals surface area contributed by atoms with Crippen LogP contribution < -0.4 is 11.5 Å². The van der Waals surface area contributed by atoms with E-state index >= 15 is 0 Å². The fourth-order valence-corrected chi connectivity index (χ4v) is 5.00. The van der Waals surface area contributed by atoms with Gasteiger partial charge in [-0.2, -0.15) is 9.97 Å². The third-order valence-electron chi connectivity index (χ3n) is 4.26. The first-order chi connectivity index (χ1) is 15.5. The molecule has 0 amide bonds. The highest BCUT2D eigenvalue weighted by atomic mass is 31.2. The lowest BCUT2D eigenvalue weighted by atomic mass is 10.2. The zero-order valence-electron chi connectivity index (χ0n) is 18.8. The van der Waals surface area contributed by atoms with Crippen LogP contribution in [0.4, 0.5) is 20.5 Å². The molecule has 4 N–H and O–H groups in total. The predicted molar refractivity (Wildman–Crippen MR) is 120 cm³/mol. The molecule has 13 heteroatoms. The zero-order valence-corrected chi connectivity index (χ0v) is 19.7. The van der Waals surface area contributed by atoms with Crippen molar-refractivity contribution < 1.29 is 27.1 Å². The number of nitrogens with two attached hydrogens (primary N) is 2. The van der Waals surface area contributed by atoms with Crippen LogP contribution in [0.1, 0.15) is 27.7 Å². The molecule has 0 radical (unpaired) electrons. The second-order valence-electron chi connectivity index (χ2n) is 7.81. The van der Waals surface area contributed by atoms with Crippen LogP contribution >= 0.6 is 7.60 Å². The molecule has 0 aliphatic carbocycles. The Labute approximate surface area is 189 Å². The summed E-state index contributed by atoms with van der Waals surface area (Å²) in [7, 11) is -3.50. The quantitative estimate of drug-likeness (QED) is 0.323. The van der Waals surface area contributed by atoms with Crippen molar-refractivity contribution in [3.63, 3.8) is 0 Å². The van der Waals surface area contributed by atoms with Gasteiger partial charge in [0.05, 0.1) is 24.4 Å². The maximum absolute atomic E-state index is 14.5. The molecule has 2 heterocycles. The lowest BCUT2D eigenvalue weighted by molar-refractivity contribution is 0.0962. The number of hydrogen-bond donors (Lipinski definition) is 2. The van der Waals surface area contributed by atoms with Crippen LogP contribution in [0.2, 0.25) is 0 Å². The van der Waals surface area contributed by atoms with E-state index in [9.17, 15) is 13.3 Å². The number of halogens is 2. The highest BCUT2D eigenvalue weighted by Crippen LogP contribution is 2.50. The number of ether oxygens (including phenoxy) is 1. The summed E-state index contributed by atoms with van der Waals surface area (Å²) in [6.45, 7) is 7.11. The number of fused-ring (bicyclic) bond motifs is 1. The van der Waals surface area contributed by atoms with Crippen LogP contribution in [0.25, 0.3) is 22.6 Å². The predicted octanol–water partition coefficient (Wildman–Crippen LogP) is 3.95. The Hall–Kier alpha value is -2.66. The summed E-state index contributed by atoms with van der Waals surface area (Å²) in [5.74, 6) is -1.48. The van der Waals surface area contributed by atoms with Crippen LogP contribution in [0.3, 0.4) is 0 Å². The van der Waals surface area contributed by atoms with E-state index in [0.29, 0.717) is 0 Å². The molecule has 0 fully saturated rings. The molecule has 2 aromatic heterocycles.